The Labute approximate surface area is 102 Å². The lowest BCUT2D eigenvalue weighted by Crippen LogP contribution is -2.44. The molecule has 1 amide bonds. The van der Waals surface area contributed by atoms with Crippen LogP contribution in [0.2, 0.25) is 0 Å². The Hall–Kier alpha value is -0.260. The first-order valence-electron chi connectivity index (χ1n) is 6.06. The molecule has 5 heteroatoms. The summed E-state index contributed by atoms with van der Waals surface area (Å²) in [6.07, 6.45) is 1.74. The van der Waals surface area contributed by atoms with Crippen LogP contribution in [0.15, 0.2) is 0 Å². The monoisotopic (exact) mass is 245 g/mol. The van der Waals surface area contributed by atoms with Crippen molar-refractivity contribution in [3.8, 4) is 0 Å². The zero-order valence-corrected chi connectivity index (χ0v) is 10.9. The van der Waals surface area contributed by atoms with E-state index in [1.807, 2.05) is 18.7 Å². The number of amides is 1. The number of carbonyl (C=O) groups is 1. The maximum Gasteiger partial charge on any atom is 0.221 e. The molecule has 1 rings (SSSR count). The first-order valence-corrected chi connectivity index (χ1v) is 7.22. The van der Waals surface area contributed by atoms with Gasteiger partial charge in [0.25, 0.3) is 0 Å². The summed E-state index contributed by atoms with van der Waals surface area (Å²) >= 11 is 1.99. The van der Waals surface area contributed by atoms with Crippen molar-refractivity contribution in [3.63, 3.8) is 0 Å². The molecule has 0 aromatic heterocycles. The minimum absolute atomic E-state index is 0.120. The molecule has 1 aliphatic heterocycles. The van der Waals surface area contributed by atoms with Gasteiger partial charge in [-0.15, -0.1) is 0 Å². The van der Waals surface area contributed by atoms with E-state index in [-0.39, 0.29) is 11.9 Å². The van der Waals surface area contributed by atoms with Crippen molar-refractivity contribution in [2.24, 2.45) is 5.73 Å². The van der Waals surface area contributed by atoms with Gasteiger partial charge < -0.3 is 11.1 Å². The fraction of sp³-hybridized carbons (Fsp3) is 0.909. The molecule has 0 aliphatic carbocycles. The molecule has 1 aliphatic rings. The van der Waals surface area contributed by atoms with Crippen molar-refractivity contribution in [3.05, 3.63) is 0 Å². The number of nitrogens with zero attached hydrogens (tertiary/aromatic N) is 1. The van der Waals surface area contributed by atoms with Crippen LogP contribution in [0, 0.1) is 0 Å². The van der Waals surface area contributed by atoms with Crippen LogP contribution in [-0.4, -0.2) is 54.5 Å². The SMILES string of the molecule is CCNC(=O)CC(CN)N1CCCSCC1. The van der Waals surface area contributed by atoms with Crippen LogP contribution in [0.4, 0.5) is 0 Å². The highest BCUT2D eigenvalue weighted by molar-refractivity contribution is 7.99. The quantitative estimate of drug-likeness (QED) is 0.730. The predicted octanol–water partition coefficient (Wildman–Crippen LogP) is 0.279. The molecule has 94 valence electrons. The summed E-state index contributed by atoms with van der Waals surface area (Å²) in [4.78, 5) is 13.9. The molecule has 1 unspecified atom stereocenters. The second kappa shape index (κ2) is 7.92. The smallest absolute Gasteiger partial charge is 0.221 e. The first kappa shape index (κ1) is 13.8. The molecule has 3 N–H and O–H groups in total. The molecule has 16 heavy (non-hydrogen) atoms. The zero-order chi connectivity index (χ0) is 11.8. The van der Waals surface area contributed by atoms with Gasteiger partial charge in [0, 0.05) is 37.8 Å². The van der Waals surface area contributed by atoms with Gasteiger partial charge in [-0.05, 0) is 25.6 Å². The highest BCUT2D eigenvalue weighted by Gasteiger charge is 2.20. The molecule has 0 radical (unpaired) electrons. The van der Waals surface area contributed by atoms with E-state index in [1.165, 1.54) is 12.2 Å². The number of carbonyl (C=O) groups excluding carboxylic acids is 1. The summed E-state index contributed by atoms with van der Waals surface area (Å²) in [5.74, 6) is 2.51. The normalized spacial score (nSPS) is 20.1. The number of nitrogens with two attached hydrogens (primary N) is 1. The Bertz CT molecular complexity index is 205. The van der Waals surface area contributed by atoms with E-state index in [0.29, 0.717) is 19.5 Å². The molecule has 0 bridgehead atoms. The summed E-state index contributed by atoms with van der Waals surface area (Å²) in [5.41, 5.74) is 5.77. The van der Waals surface area contributed by atoms with Gasteiger partial charge in [-0.25, -0.2) is 0 Å². The maximum atomic E-state index is 11.5. The number of nitrogens with one attached hydrogen (secondary N) is 1. The molecule has 1 atom stereocenters. The van der Waals surface area contributed by atoms with Crippen molar-refractivity contribution >= 4 is 17.7 Å². The standard InChI is InChI=1S/C11H23N3OS/c1-2-13-11(15)8-10(9-12)14-4-3-6-16-7-5-14/h10H,2-9,12H2,1H3,(H,13,15). The highest BCUT2D eigenvalue weighted by Crippen LogP contribution is 2.13. The van der Waals surface area contributed by atoms with Crippen LogP contribution in [0.25, 0.3) is 0 Å². The highest BCUT2D eigenvalue weighted by atomic mass is 32.2. The number of hydrogen-bond donors (Lipinski definition) is 2. The molecule has 1 fully saturated rings. The maximum absolute atomic E-state index is 11.5. The molecule has 0 aromatic carbocycles. The minimum Gasteiger partial charge on any atom is -0.356 e. The Morgan fingerprint density at radius 2 is 2.31 bits per heavy atom. The van der Waals surface area contributed by atoms with Crippen molar-refractivity contribution in [2.45, 2.75) is 25.8 Å². The van der Waals surface area contributed by atoms with E-state index in [9.17, 15) is 4.79 Å². The van der Waals surface area contributed by atoms with E-state index >= 15 is 0 Å². The lowest BCUT2D eigenvalue weighted by atomic mass is 10.1. The third-order valence-electron chi connectivity index (χ3n) is 2.84. The number of thioether (sulfide) groups is 1. The predicted molar refractivity (Wildman–Crippen MR) is 69.7 cm³/mol. The second-order valence-corrected chi connectivity index (χ2v) is 5.27. The van der Waals surface area contributed by atoms with Gasteiger partial charge in [0.1, 0.15) is 0 Å². The van der Waals surface area contributed by atoms with E-state index in [4.69, 9.17) is 5.73 Å². The van der Waals surface area contributed by atoms with Crippen molar-refractivity contribution in [1.29, 1.82) is 0 Å². The molecule has 0 spiro atoms. The Morgan fingerprint density at radius 1 is 1.50 bits per heavy atom. The van der Waals surface area contributed by atoms with Gasteiger partial charge >= 0.3 is 0 Å². The molecule has 1 saturated heterocycles. The van der Waals surface area contributed by atoms with Gasteiger partial charge in [-0.1, -0.05) is 0 Å². The van der Waals surface area contributed by atoms with Crippen LogP contribution >= 0.6 is 11.8 Å². The van der Waals surface area contributed by atoms with Gasteiger partial charge in [0.05, 0.1) is 0 Å². The Kier molecular flexibility index (Phi) is 6.84. The average Bonchev–Trinajstić information content (AvgIpc) is 2.55. The zero-order valence-electron chi connectivity index (χ0n) is 10.1. The first-order chi connectivity index (χ1) is 7.77. The summed E-state index contributed by atoms with van der Waals surface area (Å²) in [5, 5.41) is 2.84. The largest absolute Gasteiger partial charge is 0.356 e. The molecule has 0 aromatic rings. The van der Waals surface area contributed by atoms with Crippen LogP contribution in [-0.2, 0) is 4.79 Å². The summed E-state index contributed by atoms with van der Waals surface area (Å²) in [6.45, 7) is 5.35. The van der Waals surface area contributed by atoms with Gasteiger partial charge in [-0.2, -0.15) is 11.8 Å². The van der Waals surface area contributed by atoms with Crippen molar-refractivity contribution < 1.29 is 4.79 Å². The van der Waals surface area contributed by atoms with Gasteiger partial charge in [0.15, 0.2) is 0 Å². The fourth-order valence-corrected chi connectivity index (χ4v) is 2.88. The Balaban J connectivity index is 2.41. The van der Waals surface area contributed by atoms with Crippen LogP contribution < -0.4 is 11.1 Å². The summed E-state index contributed by atoms with van der Waals surface area (Å²) < 4.78 is 0. The topological polar surface area (TPSA) is 58.4 Å². The molecular weight excluding hydrogens is 222 g/mol. The summed E-state index contributed by atoms with van der Waals surface area (Å²) in [7, 11) is 0. The number of rotatable bonds is 5. The van der Waals surface area contributed by atoms with Crippen LogP contribution in [0.3, 0.4) is 0 Å². The van der Waals surface area contributed by atoms with Crippen LogP contribution in [0.5, 0.6) is 0 Å². The van der Waals surface area contributed by atoms with E-state index in [1.54, 1.807) is 0 Å². The fourth-order valence-electron chi connectivity index (χ4n) is 1.98. The lowest BCUT2D eigenvalue weighted by molar-refractivity contribution is -0.122. The van der Waals surface area contributed by atoms with Crippen LogP contribution in [0.1, 0.15) is 19.8 Å². The average molecular weight is 245 g/mol. The van der Waals surface area contributed by atoms with Crippen molar-refractivity contribution in [1.82, 2.24) is 10.2 Å². The van der Waals surface area contributed by atoms with E-state index < -0.39 is 0 Å². The van der Waals surface area contributed by atoms with Gasteiger partial charge in [0.2, 0.25) is 5.91 Å². The van der Waals surface area contributed by atoms with E-state index in [0.717, 1.165) is 18.8 Å². The molecule has 0 saturated carbocycles. The van der Waals surface area contributed by atoms with E-state index in [2.05, 4.69) is 10.2 Å². The molecule has 1 heterocycles. The van der Waals surface area contributed by atoms with Crippen molar-refractivity contribution in [2.75, 3.05) is 37.7 Å². The summed E-state index contributed by atoms with van der Waals surface area (Å²) in [6, 6.07) is 0.213. The minimum atomic E-state index is 0.120. The third kappa shape index (κ3) is 4.72. The molecule has 4 nitrogen and oxygen atoms in total. The Morgan fingerprint density at radius 3 is 3.00 bits per heavy atom. The lowest BCUT2D eigenvalue weighted by Gasteiger charge is -2.28. The number of hydrogen-bond acceptors (Lipinski definition) is 4. The second-order valence-electron chi connectivity index (χ2n) is 4.05. The molecular formula is C11H23N3OS. The van der Waals surface area contributed by atoms with Gasteiger partial charge in [-0.3, -0.25) is 9.69 Å². The third-order valence-corrected chi connectivity index (χ3v) is 3.89.